The highest BCUT2D eigenvalue weighted by Crippen LogP contribution is 2.37. The molecule has 0 saturated carbocycles. The second-order valence-corrected chi connectivity index (χ2v) is 6.61. The van der Waals surface area contributed by atoms with E-state index in [1.807, 2.05) is 22.4 Å². The molecule has 3 heterocycles. The molecule has 0 aromatic carbocycles. The molecule has 2 aromatic heterocycles. The van der Waals surface area contributed by atoms with Crippen LogP contribution < -0.4 is 11.1 Å². The van der Waals surface area contributed by atoms with Crippen molar-refractivity contribution < 1.29 is 0 Å². The van der Waals surface area contributed by atoms with Crippen molar-refractivity contribution in [3.63, 3.8) is 0 Å². The Morgan fingerprint density at radius 1 is 1.61 bits per heavy atom. The van der Waals surface area contributed by atoms with Crippen LogP contribution in [-0.4, -0.2) is 31.4 Å². The van der Waals surface area contributed by atoms with Gasteiger partial charge in [-0.1, -0.05) is 0 Å². The molecule has 1 aliphatic rings. The van der Waals surface area contributed by atoms with E-state index in [9.17, 15) is 0 Å². The quantitative estimate of drug-likeness (QED) is 0.886. The first-order valence-electron chi connectivity index (χ1n) is 6.13. The molecule has 6 heteroatoms. The molecule has 1 atom stereocenters. The monoisotopic (exact) mass is 263 g/mol. The zero-order valence-corrected chi connectivity index (χ0v) is 11.2. The molecule has 0 amide bonds. The summed E-state index contributed by atoms with van der Waals surface area (Å²) in [5, 5.41) is 3.40. The number of nitrogens with zero attached hydrogens (tertiary/aromatic N) is 3. The summed E-state index contributed by atoms with van der Waals surface area (Å²) in [5.41, 5.74) is 6.63. The first kappa shape index (κ1) is 11.6. The number of hydrogen-bond donors (Lipinski definition) is 2. The average molecular weight is 263 g/mol. The average Bonchev–Trinajstić information content (AvgIpc) is 2.95. The third-order valence-corrected chi connectivity index (χ3v) is 4.86. The lowest BCUT2D eigenvalue weighted by Gasteiger charge is -2.23. The van der Waals surface area contributed by atoms with E-state index in [-0.39, 0.29) is 0 Å². The zero-order chi connectivity index (χ0) is 12.6. The van der Waals surface area contributed by atoms with Gasteiger partial charge in [0.25, 0.3) is 0 Å². The van der Waals surface area contributed by atoms with Gasteiger partial charge in [0.1, 0.15) is 5.82 Å². The number of anilines is 2. The topological polar surface area (TPSA) is 68.2 Å². The number of nitrogens with one attached hydrogen (secondary N) is 1. The number of nitrogens with two attached hydrogens (primary N) is 1. The summed E-state index contributed by atoms with van der Waals surface area (Å²) >= 11 is 2.03. The molecule has 3 rings (SSSR count). The predicted octanol–water partition coefficient (Wildman–Crippen LogP) is 2.01. The Labute approximate surface area is 110 Å². The normalized spacial score (nSPS) is 23.6. The van der Waals surface area contributed by atoms with E-state index in [0.29, 0.717) is 10.6 Å². The molecular formula is C12H17N5S. The Kier molecular flexibility index (Phi) is 2.81. The summed E-state index contributed by atoms with van der Waals surface area (Å²) in [4.78, 5) is 8.64. The second-order valence-electron chi connectivity index (χ2n) is 4.93. The molecule has 1 unspecified atom stereocenters. The number of thioether (sulfide) groups is 1. The molecule has 0 bridgehead atoms. The van der Waals surface area contributed by atoms with Gasteiger partial charge < -0.3 is 15.5 Å². The molecule has 1 fully saturated rings. The highest BCUT2D eigenvalue weighted by molar-refractivity contribution is 8.00. The Morgan fingerprint density at radius 3 is 3.28 bits per heavy atom. The first-order valence-corrected chi connectivity index (χ1v) is 7.12. The standard InChI is InChI=1S/C12H17N5S/c1-12(3-2-6-18-12)8-15-10-11-14-4-5-17(11)7-9(13)16-10/h4-5,7H,2-3,6,8,13H2,1H3,(H,15,16). The van der Waals surface area contributed by atoms with Gasteiger partial charge in [-0.15, -0.1) is 0 Å². The maximum atomic E-state index is 5.80. The van der Waals surface area contributed by atoms with Gasteiger partial charge in [-0.25, -0.2) is 9.97 Å². The van der Waals surface area contributed by atoms with Crippen LogP contribution >= 0.6 is 11.8 Å². The van der Waals surface area contributed by atoms with Crippen molar-refractivity contribution in [1.29, 1.82) is 0 Å². The second kappa shape index (κ2) is 4.35. The lowest BCUT2D eigenvalue weighted by Crippen LogP contribution is -2.27. The Bertz CT molecular complexity index is 559. The minimum Gasteiger partial charge on any atom is -0.382 e. The molecule has 0 spiro atoms. The van der Waals surface area contributed by atoms with Crippen molar-refractivity contribution in [3.05, 3.63) is 18.6 Å². The van der Waals surface area contributed by atoms with Crippen molar-refractivity contribution in [2.75, 3.05) is 23.3 Å². The molecule has 2 aromatic rings. The zero-order valence-electron chi connectivity index (χ0n) is 10.4. The van der Waals surface area contributed by atoms with Gasteiger partial charge in [-0.2, -0.15) is 11.8 Å². The number of aromatic nitrogens is 3. The fraction of sp³-hybridized carbons (Fsp3) is 0.500. The summed E-state index contributed by atoms with van der Waals surface area (Å²) in [7, 11) is 0. The molecular weight excluding hydrogens is 246 g/mol. The fourth-order valence-corrected chi connectivity index (χ4v) is 3.56. The summed E-state index contributed by atoms with van der Waals surface area (Å²) in [6.45, 7) is 3.20. The van der Waals surface area contributed by atoms with Gasteiger partial charge in [0.2, 0.25) is 0 Å². The number of nitrogen functional groups attached to an aromatic ring is 1. The molecule has 96 valence electrons. The van der Waals surface area contributed by atoms with Crippen LogP contribution in [0.4, 0.5) is 11.6 Å². The van der Waals surface area contributed by atoms with E-state index in [1.165, 1.54) is 18.6 Å². The van der Waals surface area contributed by atoms with Crippen molar-refractivity contribution >= 4 is 29.0 Å². The Hall–Kier alpha value is -1.43. The molecule has 0 aliphatic carbocycles. The maximum Gasteiger partial charge on any atom is 0.180 e. The predicted molar refractivity (Wildman–Crippen MR) is 76.0 cm³/mol. The molecule has 3 N–H and O–H groups in total. The Morgan fingerprint density at radius 2 is 2.50 bits per heavy atom. The SMILES string of the molecule is CC1(CNc2nc(N)cn3ccnc23)CCCS1. The fourth-order valence-electron chi connectivity index (χ4n) is 2.32. The molecule has 18 heavy (non-hydrogen) atoms. The molecule has 5 nitrogen and oxygen atoms in total. The van der Waals surface area contributed by atoms with Gasteiger partial charge in [-0.3, -0.25) is 0 Å². The van der Waals surface area contributed by atoms with E-state index in [4.69, 9.17) is 5.73 Å². The Balaban J connectivity index is 1.83. The van der Waals surface area contributed by atoms with Gasteiger partial charge in [0.15, 0.2) is 11.5 Å². The highest BCUT2D eigenvalue weighted by atomic mass is 32.2. The minimum atomic E-state index is 0.301. The third kappa shape index (κ3) is 2.12. The van der Waals surface area contributed by atoms with Crippen LogP contribution in [0.1, 0.15) is 19.8 Å². The van der Waals surface area contributed by atoms with E-state index in [0.717, 1.165) is 18.0 Å². The molecule has 1 aliphatic heterocycles. The van der Waals surface area contributed by atoms with Crippen molar-refractivity contribution in [2.24, 2.45) is 0 Å². The minimum absolute atomic E-state index is 0.301. The number of rotatable bonds is 3. The third-order valence-electron chi connectivity index (χ3n) is 3.32. The smallest absolute Gasteiger partial charge is 0.180 e. The van der Waals surface area contributed by atoms with Crippen LogP contribution in [0.5, 0.6) is 0 Å². The van der Waals surface area contributed by atoms with Crippen LogP contribution in [0.3, 0.4) is 0 Å². The lowest BCUT2D eigenvalue weighted by molar-refractivity contribution is 0.634. The van der Waals surface area contributed by atoms with Crippen molar-refractivity contribution in [2.45, 2.75) is 24.5 Å². The highest BCUT2D eigenvalue weighted by Gasteiger charge is 2.29. The number of imidazole rings is 1. The summed E-state index contributed by atoms with van der Waals surface area (Å²) in [5.74, 6) is 2.53. The van der Waals surface area contributed by atoms with Gasteiger partial charge in [-0.05, 0) is 25.5 Å². The van der Waals surface area contributed by atoms with E-state index in [2.05, 4.69) is 22.2 Å². The van der Waals surface area contributed by atoms with E-state index >= 15 is 0 Å². The van der Waals surface area contributed by atoms with E-state index < -0.39 is 0 Å². The van der Waals surface area contributed by atoms with Crippen LogP contribution in [0.15, 0.2) is 18.6 Å². The van der Waals surface area contributed by atoms with Crippen LogP contribution in [0.2, 0.25) is 0 Å². The number of hydrogen-bond acceptors (Lipinski definition) is 5. The largest absolute Gasteiger partial charge is 0.382 e. The summed E-state index contributed by atoms with van der Waals surface area (Å²) in [6, 6.07) is 0. The number of fused-ring (bicyclic) bond motifs is 1. The summed E-state index contributed by atoms with van der Waals surface area (Å²) < 4.78 is 2.20. The lowest BCUT2D eigenvalue weighted by atomic mass is 10.1. The van der Waals surface area contributed by atoms with Crippen LogP contribution in [0, 0.1) is 0 Å². The van der Waals surface area contributed by atoms with E-state index in [1.54, 1.807) is 12.4 Å². The van der Waals surface area contributed by atoms with Gasteiger partial charge in [0.05, 0.1) is 6.20 Å². The summed E-state index contributed by atoms with van der Waals surface area (Å²) in [6.07, 6.45) is 7.96. The molecule has 1 saturated heterocycles. The first-order chi connectivity index (χ1) is 8.66. The van der Waals surface area contributed by atoms with Crippen molar-refractivity contribution in [3.8, 4) is 0 Å². The van der Waals surface area contributed by atoms with Crippen LogP contribution in [-0.2, 0) is 0 Å². The van der Waals surface area contributed by atoms with Gasteiger partial charge >= 0.3 is 0 Å². The maximum absolute atomic E-state index is 5.80. The van der Waals surface area contributed by atoms with Crippen LogP contribution in [0.25, 0.3) is 5.65 Å². The van der Waals surface area contributed by atoms with Gasteiger partial charge in [0, 0.05) is 23.7 Å². The van der Waals surface area contributed by atoms with Crippen molar-refractivity contribution in [1.82, 2.24) is 14.4 Å². The molecule has 0 radical (unpaired) electrons.